The van der Waals surface area contributed by atoms with Gasteiger partial charge in [0.05, 0.1) is 18.5 Å². The monoisotopic (exact) mass is 421 g/mol. The number of methoxy groups -OCH3 is 1. The number of hydrogen-bond donors (Lipinski definition) is 1. The highest BCUT2D eigenvalue weighted by Gasteiger charge is 2.51. The van der Waals surface area contributed by atoms with Crippen molar-refractivity contribution in [2.45, 2.75) is 37.4 Å². The van der Waals surface area contributed by atoms with Gasteiger partial charge in [-0.1, -0.05) is 11.6 Å². The van der Waals surface area contributed by atoms with Crippen molar-refractivity contribution in [2.24, 2.45) is 7.05 Å². The molecule has 0 bridgehead atoms. The van der Waals surface area contributed by atoms with Gasteiger partial charge in [0.1, 0.15) is 11.4 Å². The molecule has 0 aromatic carbocycles. The fraction of sp³-hybridized carbons (Fsp3) is 0.556. The van der Waals surface area contributed by atoms with Crippen molar-refractivity contribution in [3.63, 3.8) is 0 Å². The first-order valence-electron chi connectivity index (χ1n) is 9.56. The first-order valence-corrected chi connectivity index (χ1v) is 9.94. The van der Waals surface area contributed by atoms with Gasteiger partial charge in [0.25, 0.3) is 5.88 Å². The third kappa shape index (κ3) is 3.10. The number of hydrogen-bond acceptors (Lipinski definition) is 7. The molecule has 2 aliphatic rings. The highest BCUT2D eigenvalue weighted by atomic mass is 35.5. The number of rotatable bonds is 5. The number of aryl methyl sites for hydroxylation is 1. The standard InChI is InChI=1S/C18H21ClFN7O2/c1-26-15-11(14(19)24-26)9-21-17(23-15)22-12-13(18(20)5-6-18)27(25-16(12)28-2)10-3-7-29-8-4-10/h9-10H,3-8H2,1-2H3,(H,21,22,23). The number of nitrogens with one attached hydrogen (secondary N) is 1. The van der Waals surface area contributed by atoms with Gasteiger partial charge in [-0.25, -0.2) is 14.1 Å². The highest BCUT2D eigenvalue weighted by molar-refractivity contribution is 6.34. The van der Waals surface area contributed by atoms with Crippen molar-refractivity contribution in [3.05, 3.63) is 17.0 Å². The molecule has 0 spiro atoms. The molecule has 0 unspecified atom stereocenters. The second-order valence-corrected chi connectivity index (χ2v) is 7.81. The highest BCUT2D eigenvalue weighted by Crippen LogP contribution is 2.55. The predicted octanol–water partition coefficient (Wildman–Crippen LogP) is 3.28. The van der Waals surface area contributed by atoms with E-state index < -0.39 is 5.67 Å². The van der Waals surface area contributed by atoms with Crippen LogP contribution in [0.3, 0.4) is 0 Å². The number of nitrogens with zero attached hydrogens (tertiary/aromatic N) is 6. The van der Waals surface area contributed by atoms with Crippen LogP contribution in [0.2, 0.25) is 5.15 Å². The zero-order valence-corrected chi connectivity index (χ0v) is 16.9. The summed E-state index contributed by atoms with van der Waals surface area (Å²) in [6, 6.07) is 0.0655. The summed E-state index contributed by atoms with van der Waals surface area (Å²) in [4.78, 5) is 8.81. The van der Waals surface area contributed by atoms with Crippen LogP contribution in [0.5, 0.6) is 5.88 Å². The smallest absolute Gasteiger partial charge is 0.257 e. The van der Waals surface area contributed by atoms with Crippen molar-refractivity contribution in [2.75, 3.05) is 25.6 Å². The molecule has 2 fully saturated rings. The summed E-state index contributed by atoms with van der Waals surface area (Å²) in [5.74, 6) is 0.620. The molecule has 3 aromatic heterocycles. The number of anilines is 2. The Balaban J connectivity index is 1.59. The molecule has 0 amide bonds. The topological polar surface area (TPSA) is 91.9 Å². The maximum absolute atomic E-state index is 15.4. The summed E-state index contributed by atoms with van der Waals surface area (Å²) >= 11 is 6.10. The second kappa shape index (κ2) is 6.81. The van der Waals surface area contributed by atoms with E-state index in [-0.39, 0.29) is 6.04 Å². The minimum atomic E-state index is -1.43. The Hall–Kier alpha value is -2.46. The van der Waals surface area contributed by atoms with Gasteiger partial charge in [-0.05, 0) is 25.7 Å². The molecule has 5 rings (SSSR count). The number of aromatic nitrogens is 6. The first-order chi connectivity index (χ1) is 14.0. The van der Waals surface area contributed by atoms with E-state index in [1.165, 1.54) is 7.11 Å². The van der Waals surface area contributed by atoms with Gasteiger partial charge >= 0.3 is 0 Å². The molecule has 1 aliphatic heterocycles. The summed E-state index contributed by atoms with van der Waals surface area (Å²) in [7, 11) is 3.27. The fourth-order valence-corrected chi connectivity index (χ4v) is 4.06. The van der Waals surface area contributed by atoms with E-state index in [2.05, 4.69) is 25.5 Å². The second-order valence-electron chi connectivity index (χ2n) is 7.46. The van der Waals surface area contributed by atoms with Crippen molar-refractivity contribution in [3.8, 4) is 5.88 Å². The molecule has 154 valence electrons. The largest absolute Gasteiger partial charge is 0.478 e. The average Bonchev–Trinajstić information content (AvgIpc) is 3.26. The molecule has 4 heterocycles. The summed E-state index contributed by atoms with van der Waals surface area (Å²) in [5.41, 5.74) is 0.107. The summed E-state index contributed by atoms with van der Waals surface area (Å²) < 4.78 is 29.7. The van der Waals surface area contributed by atoms with Gasteiger partial charge in [-0.15, -0.1) is 5.10 Å². The lowest BCUT2D eigenvalue weighted by molar-refractivity contribution is 0.0633. The maximum Gasteiger partial charge on any atom is 0.257 e. The zero-order valence-electron chi connectivity index (χ0n) is 16.2. The Bertz CT molecular complexity index is 1070. The van der Waals surface area contributed by atoms with Crippen LogP contribution in [0.15, 0.2) is 6.20 Å². The summed E-state index contributed by atoms with van der Waals surface area (Å²) in [6.07, 6.45) is 4.07. The Labute approximate surface area is 171 Å². The number of halogens is 2. The van der Waals surface area contributed by atoms with Crippen LogP contribution in [0.4, 0.5) is 16.0 Å². The van der Waals surface area contributed by atoms with Crippen LogP contribution in [0, 0.1) is 0 Å². The average molecular weight is 422 g/mol. The lowest BCUT2D eigenvalue weighted by Gasteiger charge is -2.25. The zero-order chi connectivity index (χ0) is 20.2. The van der Waals surface area contributed by atoms with Gasteiger partial charge < -0.3 is 14.8 Å². The van der Waals surface area contributed by atoms with Crippen LogP contribution in [0.1, 0.15) is 37.4 Å². The van der Waals surface area contributed by atoms with Crippen LogP contribution in [-0.4, -0.2) is 49.9 Å². The van der Waals surface area contributed by atoms with Crippen molar-refractivity contribution in [1.29, 1.82) is 0 Å². The molecule has 29 heavy (non-hydrogen) atoms. The normalized spacial score (nSPS) is 18.9. The van der Waals surface area contributed by atoms with Crippen LogP contribution in [0.25, 0.3) is 11.0 Å². The molecule has 3 aromatic rings. The summed E-state index contributed by atoms with van der Waals surface area (Å²) in [5, 5.41) is 12.8. The summed E-state index contributed by atoms with van der Waals surface area (Å²) in [6.45, 7) is 1.27. The third-order valence-corrected chi connectivity index (χ3v) is 5.77. The van der Waals surface area contributed by atoms with Crippen molar-refractivity contribution < 1.29 is 13.9 Å². The van der Waals surface area contributed by atoms with Crippen molar-refractivity contribution >= 4 is 34.3 Å². The number of fused-ring (bicyclic) bond motifs is 1. The van der Waals surface area contributed by atoms with E-state index in [0.717, 1.165) is 12.8 Å². The molecular formula is C18H21ClFN7O2. The molecule has 1 N–H and O–H groups in total. The predicted molar refractivity (Wildman–Crippen MR) is 104 cm³/mol. The maximum atomic E-state index is 15.4. The molecule has 9 nitrogen and oxygen atoms in total. The number of alkyl halides is 1. The SMILES string of the molecule is COc1nn(C2CCOCC2)c(C2(F)CC2)c1Nc1ncc2c(Cl)nn(C)c2n1. The minimum Gasteiger partial charge on any atom is -0.478 e. The van der Waals surface area contributed by atoms with Crippen molar-refractivity contribution in [1.82, 2.24) is 29.5 Å². The molecule has 0 radical (unpaired) electrons. The molecule has 1 saturated heterocycles. The Morgan fingerprint density at radius 2 is 2.07 bits per heavy atom. The molecular weight excluding hydrogens is 401 g/mol. The van der Waals surface area contributed by atoms with Gasteiger partial charge in [0.2, 0.25) is 5.95 Å². The van der Waals surface area contributed by atoms with E-state index in [1.54, 1.807) is 22.6 Å². The Kier molecular flexibility index (Phi) is 4.36. The van der Waals surface area contributed by atoms with E-state index in [0.29, 0.717) is 65.5 Å². The molecule has 1 aliphatic carbocycles. The van der Waals surface area contributed by atoms with Crippen LogP contribution in [-0.2, 0) is 17.5 Å². The van der Waals surface area contributed by atoms with E-state index in [1.807, 2.05) is 0 Å². The fourth-order valence-electron chi connectivity index (χ4n) is 3.81. The minimum absolute atomic E-state index is 0.0655. The lowest BCUT2D eigenvalue weighted by atomic mass is 10.1. The Morgan fingerprint density at radius 1 is 1.31 bits per heavy atom. The van der Waals surface area contributed by atoms with E-state index >= 15 is 4.39 Å². The van der Waals surface area contributed by atoms with Gasteiger partial charge in [-0.2, -0.15) is 10.1 Å². The molecule has 0 atom stereocenters. The van der Waals surface area contributed by atoms with Gasteiger partial charge in [0, 0.05) is 26.5 Å². The van der Waals surface area contributed by atoms with Gasteiger partial charge in [-0.3, -0.25) is 4.68 Å². The molecule has 1 saturated carbocycles. The van der Waals surface area contributed by atoms with Crippen LogP contribution < -0.4 is 10.1 Å². The molecule has 11 heteroatoms. The Morgan fingerprint density at radius 3 is 2.76 bits per heavy atom. The van der Waals surface area contributed by atoms with Gasteiger partial charge in [0.15, 0.2) is 16.5 Å². The quantitative estimate of drug-likeness (QED) is 0.675. The van der Waals surface area contributed by atoms with E-state index in [9.17, 15) is 0 Å². The number of ether oxygens (including phenoxy) is 2. The first kappa shape index (κ1) is 18.6. The van der Waals surface area contributed by atoms with Crippen LogP contribution >= 0.6 is 11.6 Å². The third-order valence-electron chi connectivity index (χ3n) is 5.49. The lowest BCUT2D eigenvalue weighted by Crippen LogP contribution is -2.24. The van der Waals surface area contributed by atoms with E-state index in [4.69, 9.17) is 21.1 Å².